The van der Waals surface area contributed by atoms with Crippen LogP contribution in [0.3, 0.4) is 0 Å². The lowest BCUT2D eigenvalue weighted by Gasteiger charge is -2.13. The number of fused-ring (bicyclic) bond motifs is 1. The first-order chi connectivity index (χ1) is 14.1. The maximum Gasteiger partial charge on any atom is 0.237 e. The summed E-state index contributed by atoms with van der Waals surface area (Å²) in [6.45, 7) is 5.01. The predicted molar refractivity (Wildman–Crippen MR) is 119 cm³/mol. The molecule has 0 saturated carbocycles. The second-order valence-electron chi connectivity index (χ2n) is 7.03. The highest BCUT2D eigenvalue weighted by Crippen LogP contribution is 2.28. The third-order valence-corrected chi connectivity index (χ3v) is 5.88. The standard InChI is InChI=1S/C23H26N4OS/c1-3-4-5-8-15-27-21-10-7-6-9-20(21)26-23(27)29-17(2)22(28)25-19-13-11-18(16-24)12-14-19/h6-7,9-14,17H,3-5,8,15H2,1-2H3,(H,25,28)/t17-/m1/s1. The van der Waals surface area contributed by atoms with E-state index in [-0.39, 0.29) is 11.2 Å². The minimum Gasteiger partial charge on any atom is -0.325 e. The number of anilines is 1. The fraction of sp³-hybridized carbons (Fsp3) is 0.348. The normalized spacial score (nSPS) is 11.9. The quantitative estimate of drug-likeness (QED) is 0.370. The number of nitriles is 1. The fourth-order valence-corrected chi connectivity index (χ4v) is 4.09. The molecule has 150 valence electrons. The minimum absolute atomic E-state index is 0.0794. The van der Waals surface area contributed by atoms with E-state index in [2.05, 4.69) is 28.9 Å². The Kier molecular flexibility index (Phi) is 7.31. The van der Waals surface area contributed by atoms with Gasteiger partial charge in [-0.2, -0.15) is 5.26 Å². The van der Waals surface area contributed by atoms with Crippen molar-refractivity contribution >= 4 is 34.4 Å². The van der Waals surface area contributed by atoms with E-state index in [9.17, 15) is 4.79 Å². The highest BCUT2D eigenvalue weighted by molar-refractivity contribution is 8.00. The Labute approximate surface area is 176 Å². The molecule has 0 unspecified atom stereocenters. The first-order valence-corrected chi connectivity index (χ1v) is 10.9. The van der Waals surface area contributed by atoms with Crippen molar-refractivity contribution < 1.29 is 4.79 Å². The first kappa shape index (κ1) is 20.9. The zero-order valence-electron chi connectivity index (χ0n) is 16.9. The molecule has 1 amide bonds. The molecule has 0 radical (unpaired) electrons. The number of nitrogens with zero attached hydrogens (tertiary/aromatic N) is 3. The number of hydrogen-bond donors (Lipinski definition) is 1. The van der Waals surface area contributed by atoms with E-state index in [0.29, 0.717) is 11.3 Å². The van der Waals surface area contributed by atoms with Gasteiger partial charge >= 0.3 is 0 Å². The molecule has 0 aliphatic heterocycles. The molecule has 0 aliphatic carbocycles. The van der Waals surface area contributed by atoms with Crippen molar-refractivity contribution in [2.24, 2.45) is 0 Å². The predicted octanol–water partition coefficient (Wildman–Crippen LogP) is 5.61. The number of aromatic nitrogens is 2. The number of rotatable bonds is 9. The van der Waals surface area contributed by atoms with Crippen molar-refractivity contribution in [3.8, 4) is 6.07 Å². The van der Waals surface area contributed by atoms with Crippen molar-refractivity contribution in [1.29, 1.82) is 5.26 Å². The van der Waals surface area contributed by atoms with Gasteiger partial charge in [0.1, 0.15) is 0 Å². The molecule has 1 atom stereocenters. The summed E-state index contributed by atoms with van der Waals surface area (Å²) < 4.78 is 2.24. The van der Waals surface area contributed by atoms with Crippen LogP contribution in [0.4, 0.5) is 5.69 Å². The Bertz CT molecular complexity index is 1000. The van der Waals surface area contributed by atoms with Crippen molar-refractivity contribution in [2.45, 2.75) is 56.5 Å². The van der Waals surface area contributed by atoms with Crippen LogP contribution in [-0.4, -0.2) is 20.7 Å². The zero-order valence-corrected chi connectivity index (χ0v) is 17.7. The second kappa shape index (κ2) is 10.1. The molecule has 0 spiro atoms. The van der Waals surface area contributed by atoms with Crippen LogP contribution < -0.4 is 5.32 Å². The molecular weight excluding hydrogens is 380 g/mol. The number of imidazole rings is 1. The van der Waals surface area contributed by atoms with Gasteiger partial charge in [0.2, 0.25) is 5.91 Å². The Morgan fingerprint density at radius 3 is 2.66 bits per heavy atom. The molecule has 0 aliphatic rings. The van der Waals surface area contributed by atoms with Gasteiger partial charge in [0.25, 0.3) is 0 Å². The number of carbonyl (C=O) groups is 1. The maximum absolute atomic E-state index is 12.7. The molecule has 3 rings (SSSR count). The number of amides is 1. The summed E-state index contributed by atoms with van der Waals surface area (Å²) in [6.07, 6.45) is 4.74. The van der Waals surface area contributed by atoms with Gasteiger partial charge in [0.05, 0.1) is 27.9 Å². The van der Waals surface area contributed by atoms with Crippen LogP contribution in [0.25, 0.3) is 11.0 Å². The van der Waals surface area contributed by atoms with Crippen LogP contribution in [-0.2, 0) is 11.3 Å². The molecule has 0 saturated heterocycles. The van der Waals surface area contributed by atoms with Crippen molar-refractivity contribution in [1.82, 2.24) is 9.55 Å². The van der Waals surface area contributed by atoms with Crippen molar-refractivity contribution in [3.05, 3.63) is 54.1 Å². The molecule has 1 aromatic heterocycles. The molecule has 1 heterocycles. The summed E-state index contributed by atoms with van der Waals surface area (Å²) in [4.78, 5) is 17.4. The summed E-state index contributed by atoms with van der Waals surface area (Å²) in [7, 11) is 0. The second-order valence-corrected chi connectivity index (χ2v) is 8.34. The first-order valence-electron chi connectivity index (χ1n) is 10.1. The maximum atomic E-state index is 12.7. The monoisotopic (exact) mass is 406 g/mol. The number of hydrogen-bond acceptors (Lipinski definition) is 4. The fourth-order valence-electron chi connectivity index (χ4n) is 3.14. The summed E-state index contributed by atoms with van der Waals surface area (Å²) in [5, 5.41) is 12.4. The van der Waals surface area contributed by atoms with Gasteiger partial charge < -0.3 is 9.88 Å². The Balaban J connectivity index is 1.71. The average molecular weight is 407 g/mol. The molecule has 5 nitrogen and oxygen atoms in total. The lowest BCUT2D eigenvalue weighted by Crippen LogP contribution is -2.23. The third kappa shape index (κ3) is 5.39. The summed E-state index contributed by atoms with van der Waals surface area (Å²) in [6, 6.07) is 17.1. The zero-order chi connectivity index (χ0) is 20.6. The van der Waals surface area contributed by atoms with Gasteiger partial charge in [-0.3, -0.25) is 4.79 Å². The van der Waals surface area contributed by atoms with E-state index >= 15 is 0 Å². The van der Waals surface area contributed by atoms with Crippen LogP contribution in [0.1, 0.15) is 45.1 Å². The molecule has 1 N–H and O–H groups in total. The smallest absolute Gasteiger partial charge is 0.237 e. The van der Waals surface area contributed by atoms with Crippen LogP contribution in [0, 0.1) is 11.3 Å². The number of thioether (sulfide) groups is 1. The van der Waals surface area contributed by atoms with Crippen LogP contribution >= 0.6 is 11.8 Å². The van der Waals surface area contributed by atoms with Crippen molar-refractivity contribution in [3.63, 3.8) is 0 Å². The summed E-state index contributed by atoms with van der Waals surface area (Å²) in [5.41, 5.74) is 3.34. The van der Waals surface area contributed by atoms with E-state index in [1.807, 2.05) is 25.1 Å². The van der Waals surface area contributed by atoms with Gasteiger partial charge in [-0.15, -0.1) is 0 Å². The summed E-state index contributed by atoms with van der Waals surface area (Å²) in [5.74, 6) is -0.0794. The molecular formula is C23H26N4OS. The molecule has 6 heteroatoms. The number of para-hydroxylation sites is 2. The van der Waals surface area contributed by atoms with Gasteiger partial charge in [0.15, 0.2) is 5.16 Å². The Morgan fingerprint density at radius 2 is 1.93 bits per heavy atom. The van der Waals surface area contributed by atoms with Crippen LogP contribution in [0.15, 0.2) is 53.7 Å². The number of aryl methyl sites for hydroxylation is 1. The van der Waals surface area contributed by atoms with E-state index in [1.54, 1.807) is 24.3 Å². The van der Waals surface area contributed by atoms with Crippen LogP contribution in [0.5, 0.6) is 0 Å². The molecule has 0 bridgehead atoms. The van der Waals surface area contributed by atoms with Crippen LogP contribution in [0.2, 0.25) is 0 Å². The molecule has 2 aromatic carbocycles. The molecule has 0 fully saturated rings. The van der Waals surface area contributed by atoms with E-state index in [4.69, 9.17) is 10.2 Å². The lowest BCUT2D eigenvalue weighted by molar-refractivity contribution is -0.115. The highest BCUT2D eigenvalue weighted by Gasteiger charge is 2.19. The Morgan fingerprint density at radius 1 is 1.17 bits per heavy atom. The average Bonchev–Trinajstić information content (AvgIpc) is 3.08. The molecule has 3 aromatic rings. The van der Waals surface area contributed by atoms with Gasteiger partial charge in [-0.05, 0) is 49.7 Å². The van der Waals surface area contributed by atoms with Crippen molar-refractivity contribution in [2.75, 3.05) is 5.32 Å². The van der Waals surface area contributed by atoms with E-state index < -0.39 is 0 Å². The number of carbonyl (C=O) groups excluding carboxylic acids is 1. The number of nitrogens with one attached hydrogen (secondary N) is 1. The van der Waals surface area contributed by atoms with Gasteiger partial charge in [-0.1, -0.05) is 50.1 Å². The molecule has 29 heavy (non-hydrogen) atoms. The number of unbranched alkanes of at least 4 members (excludes halogenated alkanes) is 3. The highest BCUT2D eigenvalue weighted by atomic mass is 32.2. The van der Waals surface area contributed by atoms with E-state index in [0.717, 1.165) is 29.2 Å². The Hall–Kier alpha value is -2.78. The topological polar surface area (TPSA) is 70.7 Å². The lowest BCUT2D eigenvalue weighted by atomic mass is 10.2. The van der Waals surface area contributed by atoms with Gasteiger partial charge in [-0.25, -0.2) is 4.98 Å². The SMILES string of the molecule is CCCCCCn1c(S[C@H](C)C(=O)Nc2ccc(C#N)cc2)nc2ccccc21. The third-order valence-electron chi connectivity index (χ3n) is 4.79. The number of benzene rings is 2. The van der Waals surface area contributed by atoms with Gasteiger partial charge in [0, 0.05) is 12.2 Å². The summed E-state index contributed by atoms with van der Waals surface area (Å²) >= 11 is 1.48. The van der Waals surface area contributed by atoms with E-state index in [1.165, 1.54) is 31.0 Å². The minimum atomic E-state index is -0.295. The largest absolute Gasteiger partial charge is 0.325 e.